The van der Waals surface area contributed by atoms with Crippen molar-refractivity contribution in [2.75, 3.05) is 19.0 Å². The summed E-state index contributed by atoms with van der Waals surface area (Å²) < 4.78 is 17.2. The second kappa shape index (κ2) is 7.55. The number of phosphoric acid groups is 1. The van der Waals surface area contributed by atoms with Gasteiger partial charge >= 0.3 is 7.82 Å². The molecular weight excluding hydrogens is 345 g/mol. The molecule has 2 heterocycles. The van der Waals surface area contributed by atoms with Crippen molar-refractivity contribution in [2.24, 2.45) is 5.92 Å². The molecule has 0 spiro atoms. The minimum absolute atomic E-state index is 0.00487. The van der Waals surface area contributed by atoms with E-state index in [9.17, 15) is 4.57 Å². The van der Waals surface area contributed by atoms with E-state index in [1.54, 1.807) is 13.4 Å². The summed E-state index contributed by atoms with van der Waals surface area (Å²) in [5, 5.41) is 3.04. The number of fused-ring (bicyclic) bond motifs is 1. The van der Waals surface area contributed by atoms with E-state index in [1.165, 1.54) is 0 Å². The third-order valence-electron chi connectivity index (χ3n) is 3.51. The maximum atomic E-state index is 10.8. The summed E-state index contributed by atoms with van der Waals surface area (Å²) in [7, 11) is -2.71. The van der Waals surface area contributed by atoms with Gasteiger partial charge in [-0.2, -0.15) is 9.97 Å². The Morgan fingerprint density at radius 1 is 1.48 bits per heavy atom. The fourth-order valence-electron chi connectivity index (χ4n) is 2.19. The number of rotatable bonds is 8. The van der Waals surface area contributed by atoms with Crippen LogP contribution in [-0.4, -0.2) is 43.0 Å². The molecule has 1 unspecified atom stereocenters. The number of phosphoric ester groups is 1. The Morgan fingerprint density at radius 2 is 2.22 bits per heavy atom. The summed E-state index contributed by atoms with van der Waals surface area (Å²) >= 11 is 5.91. The van der Waals surface area contributed by atoms with Crippen LogP contribution in [0.3, 0.4) is 0 Å². The van der Waals surface area contributed by atoms with Crippen LogP contribution in [-0.2, 0) is 15.6 Å². The van der Waals surface area contributed by atoms with Gasteiger partial charge in [-0.05, 0) is 23.9 Å². The fraction of sp³-hybridized carbons (Fsp3) is 0.583. The van der Waals surface area contributed by atoms with Gasteiger partial charge in [-0.15, -0.1) is 0 Å². The number of halogens is 1. The van der Waals surface area contributed by atoms with Gasteiger partial charge < -0.3 is 19.7 Å². The van der Waals surface area contributed by atoms with Crippen molar-refractivity contribution in [1.82, 2.24) is 19.5 Å². The number of hydrogen-bond acceptors (Lipinski definition) is 6. The highest BCUT2D eigenvalue weighted by Crippen LogP contribution is 2.36. The predicted octanol–water partition coefficient (Wildman–Crippen LogP) is 2.05. The lowest BCUT2D eigenvalue weighted by Gasteiger charge is -2.15. The summed E-state index contributed by atoms with van der Waals surface area (Å²) in [6, 6.07) is 0. The maximum absolute atomic E-state index is 10.8. The molecule has 0 amide bonds. The number of aryl methyl sites for hydroxylation is 1. The molecule has 0 aliphatic heterocycles. The molecule has 23 heavy (non-hydrogen) atoms. The molecule has 0 saturated heterocycles. The zero-order chi connectivity index (χ0) is 17.0. The van der Waals surface area contributed by atoms with Crippen LogP contribution in [0.2, 0.25) is 5.28 Å². The molecule has 0 aromatic carbocycles. The lowest BCUT2D eigenvalue weighted by atomic mass is 10.0. The molecule has 0 bridgehead atoms. The quantitative estimate of drug-likeness (QED) is 0.481. The maximum Gasteiger partial charge on any atom is 0.469 e. The van der Waals surface area contributed by atoms with E-state index in [0.717, 1.165) is 6.42 Å². The van der Waals surface area contributed by atoms with Gasteiger partial charge in [0, 0.05) is 13.6 Å². The molecule has 2 rings (SSSR count). The molecule has 0 radical (unpaired) electrons. The third-order valence-corrected chi connectivity index (χ3v) is 4.16. The molecule has 2 aromatic heterocycles. The number of anilines is 1. The zero-order valence-corrected chi connectivity index (χ0v) is 14.5. The molecule has 0 aliphatic carbocycles. The smallest absolute Gasteiger partial charge is 0.371 e. The standard InChI is InChI=1S/C12H19ClN5O4P/c1-3-8(6-22-23(19,20)21)4-5-18-7-15-9-10(14-2)16-12(13)17-11(9)18/h7-8H,3-6H2,1-2H3,(H,14,16,17)(H2,19,20,21). The Bertz CT molecular complexity index is 719. The Kier molecular flexibility index (Phi) is 5.94. The second-order valence-electron chi connectivity index (χ2n) is 5.05. The van der Waals surface area contributed by atoms with Crippen LogP contribution < -0.4 is 5.32 Å². The van der Waals surface area contributed by atoms with Crippen LogP contribution in [0.5, 0.6) is 0 Å². The highest BCUT2D eigenvalue weighted by atomic mass is 35.5. The van der Waals surface area contributed by atoms with E-state index in [4.69, 9.17) is 21.4 Å². The third kappa shape index (κ3) is 4.86. The first-order valence-electron chi connectivity index (χ1n) is 7.10. The molecular formula is C12H19ClN5O4P. The Balaban J connectivity index is 2.09. The average molecular weight is 364 g/mol. The van der Waals surface area contributed by atoms with Crippen molar-refractivity contribution in [3.8, 4) is 0 Å². The number of imidazole rings is 1. The molecule has 9 nitrogen and oxygen atoms in total. The van der Waals surface area contributed by atoms with Crippen LogP contribution in [0, 0.1) is 5.92 Å². The van der Waals surface area contributed by atoms with Crippen LogP contribution in [0.4, 0.5) is 5.82 Å². The van der Waals surface area contributed by atoms with Crippen molar-refractivity contribution in [1.29, 1.82) is 0 Å². The van der Waals surface area contributed by atoms with E-state index >= 15 is 0 Å². The van der Waals surface area contributed by atoms with E-state index in [0.29, 0.717) is 29.9 Å². The fourth-order valence-corrected chi connectivity index (χ4v) is 2.75. The van der Waals surface area contributed by atoms with Crippen LogP contribution in [0.25, 0.3) is 11.2 Å². The van der Waals surface area contributed by atoms with E-state index < -0.39 is 7.82 Å². The SMILES string of the molecule is CCC(CCn1cnc2c(NC)nc(Cl)nc21)COP(=O)(O)O. The van der Waals surface area contributed by atoms with Crippen LogP contribution in [0.15, 0.2) is 6.33 Å². The first-order valence-corrected chi connectivity index (χ1v) is 9.01. The van der Waals surface area contributed by atoms with Crippen LogP contribution >= 0.6 is 19.4 Å². The number of nitrogens with zero attached hydrogens (tertiary/aromatic N) is 4. The van der Waals surface area contributed by atoms with E-state index in [2.05, 4.69) is 24.8 Å². The van der Waals surface area contributed by atoms with Gasteiger partial charge in [0.2, 0.25) is 5.28 Å². The van der Waals surface area contributed by atoms with Gasteiger partial charge in [0.25, 0.3) is 0 Å². The number of hydrogen-bond donors (Lipinski definition) is 3. The van der Waals surface area contributed by atoms with Gasteiger partial charge in [0.15, 0.2) is 17.0 Å². The highest BCUT2D eigenvalue weighted by molar-refractivity contribution is 7.46. The van der Waals surface area contributed by atoms with Crippen molar-refractivity contribution in [2.45, 2.75) is 26.3 Å². The Hall–Kier alpha value is -1.25. The van der Waals surface area contributed by atoms with Crippen molar-refractivity contribution >= 4 is 36.4 Å². The molecule has 0 fully saturated rings. The molecule has 0 aliphatic rings. The summed E-state index contributed by atoms with van der Waals surface area (Å²) in [6.07, 6.45) is 3.05. The average Bonchev–Trinajstić information content (AvgIpc) is 2.88. The molecule has 128 valence electrons. The summed E-state index contributed by atoms with van der Waals surface area (Å²) in [5.74, 6) is 0.566. The van der Waals surface area contributed by atoms with E-state index in [-0.39, 0.29) is 17.8 Å². The molecule has 1 atom stereocenters. The van der Waals surface area contributed by atoms with Gasteiger partial charge in [0.1, 0.15) is 0 Å². The lowest BCUT2D eigenvalue weighted by Crippen LogP contribution is -2.11. The summed E-state index contributed by atoms with van der Waals surface area (Å²) in [6.45, 7) is 2.53. The monoisotopic (exact) mass is 363 g/mol. The summed E-state index contributed by atoms with van der Waals surface area (Å²) in [5.41, 5.74) is 1.23. The van der Waals surface area contributed by atoms with Crippen molar-refractivity contribution in [3.05, 3.63) is 11.6 Å². The van der Waals surface area contributed by atoms with Crippen molar-refractivity contribution in [3.63, 3.8) is 0 Å². The molecule has 11 heteroatoms. The van der Waals surface area contributed by atoms with Gasteiger partial charge in [-0.3, -0.25) is 4.52 Å². The normalized spacial score (nSPS) is 13.4. The molecule has 2 aromatic rings. The molecule has 0 saturated carbocycles. The topological polar surface area (TPSA) is 122 Å². The van der Waals surface area contributed by atoms with E-state index in [1.807, 2.05) is 11.5 Å². The first kappa shape index (κ1) is 18.1. The van der Waals surface area contributed by atoms with Crippen molar-refractivity contribution < 1.29 is 18.9 Å². The zero-order valence-electron chi connectivity index (χ0n) is 12.8. The first-order chi connectivity index (χ1) is 10.8. The minimum atomic E-state index is -4.44. The second-order valence-corrected chi connectivity index (χ2v) is 6.63. The van der Waals surface area contributed by atoms with Crippen LogP contribution in [0.1, 0.15) is 19.8 Å². The largest absolute Gasteiger partial charge is 0.469 e. The molecule has 3 N–H and O–H groups in total. The highest BCUT2D eigenvalue weighted by Gasteiger charge is 2.18. The Labute approximate surface area is 138 Å². The number of nitrogens with one attached hydrogen (secondary N) is 1. The Morgan fingerprint density at radius 3 is 2.83 bits per heavy atom. The summed E-state index contributed by atoms with van der Waals surface area (Å²) in [4.78, 5) is 30.1. The predicted molar refractivity (Wildman–Crippen MR) is 86.3 cm³/mol. The van der Waals surface area contributed by atoms with Gasteiger partial charge in [-0.25, -0.2) is 9.55 Å². The van der Waals surface area contributed by atoms with Gasteiger partial charge in [0.05, 0.1) is 12.9 Å². The van der Waals surface area contributed by atoms with Gasteiger partial charge in [-0.1, -0.05) is 13.3 Å². The minimum Gasteiger partial charge on any atom is -0.371 e. The number of aromatic nitrogens is 4. The lowest BCUT2D eigenvalue weighted by molar-refractivity contribution is 0.160.